The number of aliphatic carboxylic acids is 1. The molecule has 0 saturated carbocycles. The number of carbonyl (C=O) groups excluding carboxylic acids is 1. The number of carboxylic acid groups (broad SMARTS) is 1. The monoisotopic (exact) mass is 597 g/mol. The van der Waals surface area contributed by atoms with Crippen LogP contribution in [0.15, 0.2) is 71.9 Å². The Morgan fingerprint density at radius 3 is 2.17 bits per heavy atom. The first-order valence-electron chi connectivity index (χ1n) is 13.4. The van der Waals surface area contributed by atoms with Crippen LogP contribution < -0.4 is 10.2 Å². The number of pyridine rings is 2. The second-order valence-corrected chi connectivity index (χ2v) is 13.8. The number of amides is 1. The first-order valence-corrected chi connectivity index (χ1v) is 14.8. The van der Waals surface area contributed by atoms with Gasteiger partial charge >= 0.3 is 12.1 Å². The highest BCUT2D eigenvalue weighted by Crippen LogP contribution is 2.31. The molecular weight excluding hydrogens is 558 g/mol. The predicted octanol–water partition coefficient (Wildman–Crippen LogP) is 5.15. The van der Waals surface area contributed by atoms with Crippen LogP contribution in [0.4, 0.5) is 16.3 Å². The average molecular weight is 598 g/mol. The van der Waals surface area contributed by atoms with Gasteiger partial charge in [0.2, 0.25) is 10.0 Å². The number of nitrogens with zero attached hydrogens (tertiary/aromatic N) is 4. The van der Waals surface area contributed by atoms with E-state index in [-0.39, 0.29) is 23.8 Å². The Bertz CT molecular complexity index is 1480. The molecule has 226 valence electrons. The maximum atomic E-state index is 13.8. The fourth-order valence-electron chi connectivity index (χ4n) is 4.24. The van der Waals surface area contributed by atoms with Crippen molar-refractivity contribution in [2.24, 2.45) is 5.41 Å². The van der Waals surface area contributed by atoms with Gasteiger partial charge in [-0.05, 0) is 68.1 Å². The molecule has 1 aromatic carbocycles. The van der Waals surface area contributed by atoms with Gasteiger partial charge in [-0.3, -0.25) is 4.98 Å². The van der Waals surface area contributed by atoms with E-state index in [1.54, 1.807) is 66.8 Å². The van der Waals surface area contributed by atoms with Gasteiger partial charge in [-0.1, -0.05) is 39.0 Å². The number of sulfonamides is 1. The molecule has 2 aromatic heterocycles. The van der Waals surface area contributed by atoms with Crippen molar-refractivity contribution in [1.82, 2.24) is 14.3 Å². The Morgan fingerprint density at radius 1 is 0.976 bits per heavy atom. The normalized spacial score (nSPS) is 13.0. The van der Waals surface area contributed by atoms with E-state index in [2.05, 4.69) is 15.3 Å². The van der Waals surface area contributed by atoms with Gasteiger partial charge in [0.1, 0.15) is 22.4 Å². The molecule has 0 aliphatic rings. The third-order valence-electron chi connectivity index (χ3n) is 6.15. The van der Waals surface area contributed by atoms with Crippen molar-refractivity contribution in [1.29, 1.82) is 0 Å². The van der Waals surface area contributed by atoms with Crippen LogP contribution in [-0.4, -0.2) is 58.6 Å². The highest BCUT2D eigenvalue weighted by molar-refractivity contribution is 7.89. The maximum Gasteiger partial charge on any atom is 0.416 e. The molecule has 0 aliphatic carbocycles. The van der Waals surface area contributed by atoms with Gasteiger partial charge in [0.25, 0.3) is 0 Å². The quantitative estimate of drug-likeness (QED) is 0.324. The highest BCUT2D eigenvalue weighted by atomic mass is 32.2. The minimum absolute atomic E-state index is 0.0158. The molecule has 0 spiro atoms. The molecule has 1 unspecified atom stereocenters. The van der Waals surface area contributed by atoms with Gasteiger partial charge in [0, 0.05) is 31.7 Å². The SMILES string of the molecule is CNc1ccc(CN(Cc2cccc(N(C(=O)OC(C)(C)C)C(C(=O)O)C(C)(C)C)n2)S(=O)(=O)c2cccnc2)cc1. The fraction of sp³-hybridized carbons (Fsp3) is 0.400. The topological polar surface area (TPSA) is 142 Å². The summed E-state index contributed by atoms with van der Waals surface area (Å²) >= 11 is 0. The molecule has 2 N–H and O–H groups in total. The Morgan fingerprint density at radius 2 is 1.64 bits per heavy atom. The predicted molar refractivity (Wildman–Crippen MR) is 160 cm³/mol. The number of carboxylic acids is 1. The Hall–Kier alpha value is -4.03. The molecule has 12 heteroatoms. The lowest BCUT2D eigenvalue weighted by Crippen LogP contribution is -2.54. The lowest BCUT2D eigenvalue weighted by atomic mass is 9.85. The number of nitrogens with one attached hydrogen (secondary N) is 1. The molecule has 0 fully saturated rings. The Balaban J connectivity index is 2.08. The summed E-state index contributed by atoms with van der Waals surface area (Å²) in [6.07, 6.45) is 1.89. The molecule has 42 heavy (non-hydrogen) atoms. The number of rotatable bonds is 10. The third kappa shape index (κ3) is 8.26. The number of hydrogen-bond acceptors (Lipinski definition) is 8. The minimum atomic E-state index is -4.02. The van der Waals surface area contributed by atoms with E-state index in [1.165, 1.54) is 28.8 Å². The van der Waals surface area contributed by atoms with Gasteiger partial charge in [-0.2, -0.15) is 4.31 Å². The van der Waals surface area contributed by atoms with Gasteiger partial charge in [-0.25, -0.2) is 27.9 Å². The van der Waals surface area contributed by atoms with Gasteiger partial charge in [-0.15, -0.1) is 0 Å². The van der Waals surface area contributed by atoms with E-state index in [1.807, 2.05) is 24.3 Å². The van der Waals surface area contributed by atoms with Gasteiger partial charge in [0.15, 0.2) is 0 Å². The third-order valence-corrected chi connectivity index (χ3v) is 7.93. The number of aromatic nitrogens is 2. The molecule has 1 atom stereocenters. The van der Waals surface area contributed by atoms with Crippen LogP contribution in [-0.2, 0) is 32.6 Å². The van der Waals surface area contributed by atoms with E-state index in [4.69, 9.17) is 4.74 Å². The van der Waals surface area contributed by atoms with Gasteiger partial charge < -0.3 is 15.2 Å². The van der Waals surface area contributed by atoms with E-state index >= 15 is 0 Å². The average Bonchev–Trinajstić information content (AvgIpc) is 2.90. The standard InChI is InChI=1S/C30H39N5O6S/c1-29(2,3)26(27(36)37)35(28(38)41-30(4,5)6)25-12-8-10-23(33-25)20-34(19-21-13-15-22(31-7)16-14-21)42(39,40)24-11-9-17-32-18-24/h8-18,26,31H,19-20H2,1-7H3,(H,36,37). The second kappa shape index (κ2) is 12.9. The molecule has 1 amide bonds. The van der Waals surface area contributed by atoms with E-state index < -0.39 is 39.1 Å². The van der Waals surface area contributed by atoms with Crippen molar-refractivity contribution < 1.29 is 27.9 Å². The summed E-state index contributed by atoms with van der Waals surface area (Å²) in [6, 6.07) is 13.8. The Kier molecular flexibility index (Phi) is 9.95. The first kappa shape index (κ1) is 32.5. The van der Waals surface area contributed by atoms with Crippen LogP contribution in [0.1, 0.15) is 52.8 Å². The van der Waals surface area contributed by atoms with E-state index in [0.717, 1.165) is 16.2 Å². The number of hydrogen-bond donors (Lipinski definition) is 2. The second-order valence-electron chi connectivity index (χ2n) is 11.9. The van der Waals surface area contributed by atoms with Crippen LogP contribution in [0.25, 0.3) is 0 Å². The zero-order valence-corrected chi connectivity index (χ0v) is 25.8. The molecule has 11 nitrogen and oxygen atoms in total. The molecule has 0 saturated heterocycles. The largest absolute Gasteiger partial charge is 0.480 e. The summed E-state index contributed by atoms with van der Waals surface area (Å²) in [5.74, 6) is -1.20. The summed E-state index contributed by atoms with van der Waals surface area (Å²) in [5.41, 5.74) is 0.134. The molecule has 3 aromatic rings. The summed E-state index contributed by atoms with van der Waals surface area (Å²) < 4.78 is 34.4. The first-order chi connectivity index (χ1) is 19.5. The highest BCUT2D eigenvalue weighted by Gasteiger charge is 2.42. The summed E-state index contributed by atoms with van der Waals surface area (Å²) in [6.45, 7) is 10.0. The smallest absolute Gasteiger partial charge is 0.416 e. The van der Waals surface area contributed by atoms with Crippen molar-refractivity contribution in [2.45, 2.75) is 71.2 Å². The number of ether oxygens (including phenoxy) is 1. The van der Waals surface area contributed by atoms with Crippen molar-refractivity contribution in [3.05, 3.63) is 78.2 Å². The molecule has 0 aliphatic heterocycles. The summed E-state index contributed by atoms with van der Waals surface area (Å²) in [4.78, 5) is 35.5. The van der Waals surface area contributed by atoms with Gasteiger partial charge in [0.05, 0.1) is 12.2 Å². The minimum Gasteiger partial charge on any atom is -0.480 e. The lowest BCUT2D eigenvalue weighted by Gasteiger charge is -2.37. The zero-order chi connectivity index (χ0) is 31.3. The summed E-state index contributed by atoms with van der Waals surface area (Å²) in [5, 5.41) is 13.2. The molecular formula is C30H39N5O6S. The van der Waals surface area contributed by atoms with Crippen molar-refractivity contribution in [2.75, 3.05) is 17.3 Å². The molecule has 3 rings (SSSR count). The van der Waals surface area contributed by atoms with Crippen LogP contribution >= 0.6 is 0 Å². The molecule has 0 bridgehead atoms. The van der Waals surface area contributed by atoms with Crippen LogP contribution in [0.5, 0.6) is 0 Å². The molecule has 2 heterocycles. The van der Waals surface area contributed by atoms with Crippen molar-refractivity contribution >= 4 is 33.6 Å². The van der Waals surface area contributed by atoms with Crippen molar-refractivity contribution in [3.8, 4) is 0 Å². The number of benzene rings is 1. The van der Waals surface area contributed by atoms with E-state index in [0.29, 0.717) is 5.69 Å². The van der Waals surface area contributed by atoms with Crippen LogP contribution in [0, 0.1) is 5.41 Å². The summed E-state index contributed by atoms with van der Waals surface area (Å²) in [7, 11) is -2.23. The number of anilines is 2. The van der Waals surface area contributed by atoms with Crippen LogP contribution in [0.3, 0.4) is 0 Å². The van der Waals surface area contributed by atoms with E-state index in [9.17, 15) is 23.1 Å². The maximum absolute atomic E-state index is 13.8. The van der Waals surface area contributed by atoms with Crippen molar-refractivity contribution in [3.63, 3.8) is 0 Å². The zero-order valence-electron chi connectivity index (χ0n) is 25.0. The number of carbonyl (C=O) groups is 2. The lowest BCUT2D eigenvalue weighted by molar-refractivity contribution is -0.141. The fourth-order valence-corrected chi connectivity index (χ4v) is 5.60. The molecule has 0 radical (unpaired) electrons. The Labute approximate surface area is 247 Å². The van der Waals surface area contributed by atoms with Crippen LogP contribution in [0.2, 0.25) is 0 Å².